The minimum Gasteiger partial charge on any atom is -0.206 e. The Kier molecular flexibility index (Phi) is 6.91. The summed E-state index contributed by atoms with van der Waals surface area (Å²) < 4.78 is 186. The maximum Gasteiger partial charge on any atom is 0.512 e. The number of hydrogen-bond acceptors (Lipinski definition) is 6. The molecule has 1 aliphatic rings. The number of nitrogens with zero attached hydrogens (tertiary/aromatic N) is 1. The number of piperidine rings is 1. The highest BCUT2D eigenvalue weighted by atomic mass is 32.3. The zero-order chi connectivity index (χ0) is 24.2. The second-order valence-corrected chi connectivity index (χ2v) is 11.9. The molecule has 0 aliphatic carbocycles. The standard InChI is InChI=1S/C10H13F9N2O6S3/c1-6-2-4-21(5-3-6)30(26,27)9(15,16)7(11,12)8(13,14)28(22,23)20-29(24,25)10(17,18)19/h6,20H,2-5H2,1H3. The van der Waals surface area contributed by atoms with E-state index in [1.807, 2.05) is 0 Å². The smallest absolute Gasteiger partial charge is 0.206 e. The van der Waals surface area contributed by atoms with Gasteiger partial charge in [0.05, 0.1) is 0 Å². The third-order valence-electron chi connectivity index (χ3n) is 4.00. The fourth-order valence-electron chi connectivity index (χ4n) is 2.13. The molecule has 0 saturated carbocycles. The molecule has 8 nitrogen and oxygen atoms in total. The predicted molar refractivity (Wildman–Crippen MR) is 80.8 cm³/mol. The third-order valence-corrected chi connectivity index (χ3v) is 9.24. The predicted octanol–water partition coefficient (Wildman–Crippen LogP) is 1.64. The average Bonchev–Trinajstić information content (AvgIpc) is 2.52. The Labute approximate surface area is 164 Å². The van der Waals surface area contributed by atoms with Crippen LogP contribution in [0.5, 0.6) is 0 Å². The van der Waals surface area contributed by atoms with Gasteiger partial charge in [0, 0.05) is 13.1 Å². The normalized spacial score (nSPS) is 19.8. The summed E-state index contributed by atoms with van der Waals surface area (Å²) in [6, 6.07) is 0. The maximum absolute atomic E-state index is 14.0. The summed E-state index contributed by atoms with van der Waals surface area (Å²) in [5.41, 5.74) is -6.61. The van der Waals surface area contributed by atoms with Crippen LogP contribution in [0.1, 0.15) is 19.8 Å². The van der Waals surface area contributed by atoms with Crippen molar-refractivity contribution in [3.05, 3.63) is 0 Å². The van der Waals surface area contributed by atoms with Gasteiger partial charge in [0.15, 0.2) is 0 Å². The maximum atomic E-state index is 14.0. The highest BCUT2D eigenvalue weighted by Gasteiger charge is 2.83. The van der Waals surface area contributed by atoms with Crippen LogP contribution in [0.25, 0.3) is 0 Å². The van der Waals surface area contributed by atoms with Gasteiger partial charge < -0.3 is 0 Å². The number of halogens is 9. The lowest BCUT2D eigenvalue weighted by molar-refractivity contribution is -0.245. The van der Waals surface area contributed by atoms with Crippen LogP contribution in [0.2, 0.25) is 0 Å². The number of hydrogen-bond donors (Lipinski definition) is 1. The van der Waals surface area contributed by atoms with E-state index in [-0.39, 0.29) is 23.1 Å². The first-order valence-corrected chi connectivity index (χ1v) is 11.8. The van der Waals surface area contributed by atoms with Gasteiger partial charge in [-0.25, -0.2) is 25.3 Å². The van der Waals surface area contributed by atoms with E-state index >= 15 is 0 Å². The summed E-state index contributed by atoms with van der Waals surface area (Å²) in [6.07, 6.45) is -0.276. The first-order chi connectivity index (χ1) is 13.0. The molecule has 0 aromatic heterocycles. The van der Waals surface area contributed by atoms with Crippen molar-refractivity contribution in [3.63, 3.8) is 0 Å². The van der Waals surface area contributed by atoms with E-state index in [1.165, 1.54) is 6.92 Å². The highest BCUT2D eigenvalue weighted by molar-refractivity contribution is 8.05. The molecule has 30 heavy (non-hydrogen) atoms. The molecule has 0 aromatic rings. The Hall–Kier alpha value is -0.860. The van der Waals surface area contributed by atoms with E-state index in [1.54, 1.807) is 0 Å². The Bertz CT molecular complexity index is 967. The van der Waals surface area contributed by atoms with Crippen molar-refractivity contribution < 1.29 is 64.8 Å². The zero-order valence-corrected chi connectivity index (χ0v) is 16.9. The van der Waals surface area contributed by atoms with Crippen LogP contribution in [0.3, 0.4) is 0 Å². The summed E-state index contributed by atoms with van der Waals surface area (Å²) in [4.78, 5) is 0. The lowest BCUT2D eigenvalue weighted by Gasteiger charge is -2.36. The van der Waals surface area contributed by atoms with Gasteiger partial charge in [-0.15, -0.1) is 0 Å². The third kappa shape index (κ3) is 4.24. The second kappa shape index (κ2) is 7.62. The van der Waals surface area contributed by atoms with Crippen molar-refractivity contribution >= 4 is 30.1 Å². The van der Waals surface area contributed by atoms with Crippen LogP contribution in [0.15, 0.2) is 0 Å². The molecule has 0 bridgehead atoms. The van der Waals surface area contributed by atoms with Crippen molar-refractivity contribution in [2.24, 2.45) is 5.92 Å². The van der Waals surface area contributed by atoms with E-state index in [2.05, 4.69) is 0 Å². The van der Waals surface area contributed by atoms with Crippen molar-refractivity contribution in [2.75, 3.05) is 13.1 Å². The SMILES string of the molecule is CC1CCN(S(=O)(=O)C(F)(F)C(F)(F)C(F)(F)S(=O)(=O)NS(=O)(=O)C(F)(F)F)CC1. The fraction of sp³-hybridized carbons (Fsp3) is 1.00. The Morgan fingerprint density at radius 3 is 1.50 bits per heavy atom. The van der Waals surface area contributed by atoms with Crippen LogP contribution >= 0.6 is 0 Å². The van der Waals surface area contributed by atoms with Crippen LogP contribution in [-0.4, -0.2) is 64.6 Å². The summed E-state index contributed by atoms with van der Waals surface area (Å²) >= 11 is 0. The molecule has 1 aliphatic heterocycles. The van der Waals surface area contributed by atoms with E-state index in [9.17, 15) is 64.8 Å². The largest absolute Gasteiger partial charge is 0.512 e. The molecular weight excluding hydrogens is 511 g/mol. The molecule has 0 unspecified atom stereocenters. The summed E-state index contributed by atoms with van der Waals surface area (Å²) in [5, 5.41) is -14.2. The lowest BCUT2D eigenvalue weighted by atomic mass is 10.0. The topological polar surface area (TPSA) is 118 Å². The van der Waals surface area contributed by atoms with Crippen molar-refractivity contribution in [1.29, 1.82) is 0 Å². The minimum atomic E-state index is -7.75. The molecule has 20 heteroatoms. The van der Waals surface area contributed by atoms with Gasteiger partial charge in [-0.1, -0.05) is 11.1 Å². The molecule has 0 radical (unpaired) electrons. The summed E-state index contributed by atoms with van der Waals surface area (Å²) in [6.45, 7) is -0.0907. The van der Waals surface area contributed by atoms with E-state index in [4.69, 9.17) is 0 Å². The zero-order valence-electron chi connectivity index (χ0n) is 14.4. The number of rotatable bonds is 7. The van der Waals surface area contributed by atoms with Crippen LogP contribution in [0, 0.1) is 5.92 Å². The van der Waals surface area contributed by atoms with Crippen LogP contribution in [0.4, 0.5) is 39.5 Å². The van der Waals surface area contributed by atoms with Gasteiger partial charge in [-0.2, -0.15) is 43.8 Å². The number of sulfonamides is 3. The quantitative estimate of drug-likeness (QED) is 0.506. The highest BCUT2D eigenvalue weighted by Crippen LogP contribution is 2.51. The molecule has 1 fully saturated rings. The Balaban J connectivity index is 3.45. The second-order valence-electron chi connectivity index (χ2n) is 6.23. The first-order valence-electron chi connectivity index (χ1n) is 7.43. The molecule has 0 atom stereocenters. The van der Waals surface area contributed by atoms with Gasteiger partial charge in [-0.05, 0) is 18.8 Å². The molecule has 1 heterocycles. The molecule has 1 N–H and O–H groups in total. The number of alkyl halides is 9. The molecule has 1 rings (SSSR count). The van der Waals surface area contributed by atoms with E-state index in [0.717, 1.165) is 0 Å². The molecule has 0 amide bonds. The van der Waals surface area contributed by atoms with Gasteiger partial charge in [-0.3, -0.25) is 0 Å². The molecule has 0 spiro atoms. The average molecular weight is 524 g/mol. The van der Waals surface area contributed by atoms with Crippen LogP contribution < -0.4 is 4.13 Å². The van der Waals surface area contributed by atoms with Crippen LogP contribution in [-0.2, 0) is 30.1 Å². The van der Waals surface area contributed by atoms with Gasteiger partial charge in [0.2, 0.25) is 0 Å². The van der Waals surface area contributed by atoms with Crippen molar-refractivity contribution in [3.8, 4) is 0 Å². The molecular formula is C10H13F9N2O6S3. The van der Waals surface area contributed by atoms with Crippen molar-refractivity contribution in [2.45, 2.75) is 41.7 Å². The monoisotopic (exact) mass is 524 g/mol. The summed E-state index contributed by atoms with van der Waals surface area (Å²) in [7, 11) is -21.7. The Morgan fingerprint density at radius 2 is 1.13 bits per heavy atom. The summed E-state index contributed by atoms with van der Waals surface area (Å²) in [5.74, 6) is -7.63. The minimum absolute atomic E-state index is 0.138. The first kappa shape index (κ1) is 27.2. The van der Waals surface area contributed by atoms with E-state index < -0.39 is 69.2 Å². The molecule has 180 valence electrons. The van der Waals surface area contributed by atoms with Gasteiger partial charge in [0.25, 0.3) is 20.0 Å². The molecule has 1 saturated heterocycles. The fourth-order valence-corrected chi connectivity index (χ4v) is 6.08. The van der Waals surface area contributed by atoms with Gasteiger partial charge >= 0.3 is 32.0 Å². The van der Waals surface area contributed by atoms with Crippen molar-refractivity contribution in [1.82, 2.24) is 8.43 Å². The lowest BCUT2D eigenvalue weighted by Crippen LogP contribution is -2.65. The Morgan fingerprint density at radius 1 is 0.733 bits per heavy atom. The number of nitrogens with one attached hydrogen (secondary N) is 1. The van der Waals surface area contributed by atoms with E-state index in [0.29, 0.717) is 0 Å². The molecule has 0 aromatic carbocycles. The van der Waals surface area contributed by atoms with Gasteiger partial charge in [0.1, 0.15) is 0 Å².